The van der Waals surface area contributed by atoms with Gasteiger partial charge in [-0.2, -0.15) is 0 Å². The minimum absolute atomic E-state index is 0.00533. The maximum absolute atomic E-state index is 11.2. The molecule has 0 aromatic carbocycles. The van der Waals surface area contributed by atoms with Crippen molar-refractivity contribution in [2.24, 2.45) is 0 Å². The first-order valence-corrected chi connectivity index (χ1v) is 6.24. The Morgan fingerprint density at radius 3 is 2.78 bits per heavy atom. The van der Waals surface area contributed by atoms with Crippen LogP contribution in [0.15, 0.2) is 4.42 Å². The van der Waals surface area contributed by atoms with Gasteiger partial charge in [-0.1, -0.05) is 12.0 Å². The van der Waals surface area contributed by atoms with Gasteiger partial charge in [0, 0.05) is 19.5 Å². The molecule has 0 bridgehead atoms. The summed E-state index contributed by atoms with van der Waals surface area (Å²) >= 11 is 0. The number of carbonyl (C=O) groups is 1. The van der Waals surface area contributed by atoms with Crippen LogP contribution in [0, 0.1) is 0 Å². The van der Waals surface area contributed by atoms with E-state index in [1.807, 2.05) is 20.8 Å². The first-order valence-electron chi connectivity index (χ1n) is 6.24. The summed E-state index contributed by atoms with van der Waals surface area (Å²) in [6, 6.07) is 0.375. The van der Waals surface area contributed by atoms with Crippen LogP contribution >= 0.6 is 0 Å². The lowest BCUT2D eigenvalue weighted by Gasteiger charge is -2.06. The van der Waals surface area contributed by atoms with Crippen molar-refractivity contribution in [1.82, 2.24) is 20.8 Å². The first kappa shape index (κ1) is 14.4. The van der Waals surface area contributed by atoms with Crippen molar-refractivity contribution >= 4 is 11.9 Å². The Morgan fingerprint density at radius 1 is 1.33 bits per heavy atom. The van der Waals surface area contributed by atoms with Crippen molar-refractivity contribution in [3.63, 3.8) is 0 Å². The van der Waals surface area contributed by atoms with Gasteiger partial charge in [-0.25, -0.2) is 0 Å². The fourth-order valence-electron chi connectivity index (χ4n) is 1.44. The molecule has 7 heteroatoms. The first-order chi connectivity index (χ1) is 8.67. The van der Waals surface area contributed by atoms with E-state index in [1.54, 1.807) is 0 Å². The number of nitrogens with one attached hydrogen (secondary N) is 3. The summed E-state index contributed by atoms with van der Waals surface area (Å²) in [4.78, 5) is 11.2. The second kappa shape index (κ2) is 7.65. The van der Waals surface area contributed by atoms with Crippen LogP contribution in [0.4, 0.5) is 6.01 Å². The van der Waals surface area contributed by atoms with Gasteiger partial charge in [0.1, 0.15) is 0 Å². The number of hydrogen-bond donors (Lipinski definition) is 3. The van der Waals surface area contributed by atoms with Crippen LogP contribution in [0.25, 0.3) is 0 Å². The third-order valence-electron chi connectivity index (χ3n) is 2.32. The molecule has 0 aliphatic heterocycles. The fourth-order valence-corrected chi connectivity index (χ4v) is 1.44. The van der Waals surface area contributed by atoms with Gasteiger partial charge in [0.15, 0.2) is 0 Å². The third kappa shape index (κ3) is 4.70. The van der Waals surface area contributed by atoms with Crippen LogP contribution in [0.2, 0.25) is 0 Å². The van der Waals surface area contributed by atoms with Crippen LogP contribution in [-0.2, 0) is 4.79 Å². The van der Waals surface area contributed by atoms with Crippen molar-refractivity contribution in [3.8, 4) is 0 Å². The fraction of sp³-hybridized carbons (Fsp3) is 0.727. The molecule has 0 radical (unpaired) electrons. The molecular formula is C11H21N5O2. The van der Waals surface area contributed by atoms with Crippen molar-refractivity contribution in [2.75, 3.05) is 25.0 Å². The highest BCUT2D eigenvalue weighted by Crippen LogP contribution is 2.12. The topological polar surface area (TPSA) is 92.1 Å². The average molecular weight is 255 g/mol. The van der Waals surface area contributed by atoms with Crippen molar-refractivity contribution < 1.29 is 9.21 Å². The van der Waals surface area contributed by atoms with Crippen molar-refractivity contribution in [1.29, 1.82) is 0 Å². The largest absolute Gasteiger partial charge is 0.406 e. The summed E-state index contributed by atoms with van der Waals surface area (Å²) < 4.78 is 5.41. The highest BCUT2D eigenvalue weighted by molar-refractivity contribution is 5.76. The predicted molar refractivity (Wildman–Crippen MR) is 68.2 cm³/mol. The Kier molecular flexibility index (Phi) is 6.13. The molecule has 0 saturated carbocycles. The minimum Gasteiger partial charge on any atom is -0.406 e. The maximum atomic E-state index is 11.2. The van der Waals surface area contributed by atoms with Crippen molar-refractivity contribution in [2.45, 2.75) is 33.2 Å². The molecular weight excluding hydrogens is 234 g/mol. The van der Waals surface area contributed by atoms with E-state index in [-0.39, 0.29) is 11.9 Å². The molecule has 0 fully saturated rings. The standard InChI is InChI=1S/C11H21N5O2/c1-4-12-8(3)10-15-16-11(18-10)14-7-6-9(17)13-5-2/h8,12H,4-7H2,1-3H3,(H,13,17)(H,14,16). The van der Waals surface area contributed by atoms with E-state index >= 15 is 0 Å². The van der Waals surface area contributed by atoms with Gasteiger partial charge in [0.2, 0.25) is 11.8 Å². The molecule has 102 valence electrons. The molecule has 1 heterocycles. The lowest BCUT2D eigenvalue weighted by Crippen LogP contribution is -2.24. The highest BCUT2D eigenvalue weighted by atomic mass is 16.4. The zero-order valence-corrected chi connectivity index (χ0v) is 11.1. The molecule has 0 aliphatic carbocycles. The van der Waals surface area contributed by atoms with E-state index in [2.05, 4.69) is 26.1 Å². The van der Waals surface area contributed by atoms with Crippen LogP contribution in [0.5, 0.6) is 0 Å². The SMILES string of the molecule is CCNC(=O)CCNc1nnc(C(C)NCC)o1. The van der Waals surface area contributed by atoms with Gasteiger partial charge in [-0.05, 0) is 20.4 Å². The van der Waals surface area contributed by atoms with Gasteiger partial charge < -0.3 is 20.4 Å². The highest BCUT2D eigenvalue weighted by Gasteiger charge is 2.12. The Morgan fingerprint density at radius 2 is 2.11 bits per heavy atom. The molecule has 1 aromatic heterocycles. The van der Waals surface area contributed by atoms with Crippen molar-refractivity contribution in [3.05, 3.63) is 5.89 Å². The summed E-state index contributed by atoms with van der Waals surface area (Å²) in [5, 5.41) is 16.6. The zero-order valence-electron chi connectivity index (χ0n) is 11.1. The Hall–Kier alpha value is -1.63. The average Bonchev–Trinajstić information content (AvgIpc) is 2.78. The summed E-state index contributed by atoms with van der Waals surface area (Å²) in [6.07, 6.45) is 0.383. The van der Waals surface area contributed by atoms with E-state index in [0.29, 0.717) is 31.4 Å². The summed E-state index contributed by atoms with van der Waals surface area (Å²) in [7, 11) is 0. The Labute approximate surface area is 107 Å². The summed E-state index contributed by atoms with van der Waals surface area (Å²) in [5.74, 6) is 0.545. The lowest BCUT2D eigenvalue weighted by atomic mass is 10.3. The predicted octanol–water partition coefficient (Wildman–Crippen LogP) is 0.678. The Bertz CT molecular complexity index is 366. The molecule has 1 unspecified atom stereocenters. The summed E-state index contributed by atoms with van der Waals surface area (Å²) in [5.41, 5.74) is 0. The third-order valence-corrected chi connectivity index (χ3v) is 2.32. The van der Waals surface area contributed by atoms with Gasteiger partial charge in [0.25, 0.3) is 0 Å². The van der Waals surface area contributed by atoms with E-state index in [4.69, 9.17) is 4.42 Å². The van der Waals surface area contributed by atoms with E-state index < -0.39 is 0 Å². The number of carbonyl (C=O) groups excluding carboxylic acids is 1. The zero-order chi connectivity index (χ0) is 13.4. The number of aromatic nitrogens is 2. The molecule has 18 heavy (non-hydrogen) atoms. The van der Waals surface area contributed by atoms with Gasteiger partial charge in [-0.15, -0.1) is 5.10 Å². The molecule has 0 spiro atoms. The Balaban J connectivity index is 2.33. The molecule has 0 aliphatic rings. The quantitative estimate of drug-likeness (QED) is 0.632. The normalized spacial score (nSPS) is 12.2. The maximum Gasteiger partial charge on any atom is 0.315 e. The molecule has 1 atom stereocenters. The lowest BCUT2D eigenvalue weighted by molar-refractivity contribution is -0.120. The van der Waals surface area contributed by atoms with Gasteiger partial charge in [-0.3, -0.25) is 4.79 Å². The number of amides is 1. The number of hydrogen-bond acceptors (Lipinski definition) is 6. The number of rotatable bonds is 8. The molecule has 1 aromatic rings. The molecule has 1 rings (SSSR count). The van der Waals surface area contributed by atoms with Crippen LogP contribution < -0.4 is 16.0 Å². The number of anilines is 1. The molecule has 0 saturated heterocycles. The van der Waals surface area contributed by atoms with Gasteiger partial charge >= 0.3 is 6.01 Å². The molecule has 7 nitrogen and oxygen atoms in total. The minimum atomic E-state index is 0.00533. The molecule has 1 amide bonds. The number of nitrogens with zero attached hydrogens (tertiary/aromatic N) is 2. The van der Waals surface area contributed by atoms with Gasteiger partial charge in [0.05, 0.1) is 6.04 Å². The second-order valence-corrected chi connectivity index (χ2v) is 3.86. The monoisotopic (exact) mass is 255 g/mol. The van der Waals surface area contributed by atoms with E-state index in [9.17, 15) is 4.79 Å². The molecule has 3 N–H and O–H groups in total. The second-order valence-electron chi connectivity index (χ2n) is 3.86. The summed E-state index contributed by atoms with van der Waals surface area (Å²) in [6.45, 7) is 7.81. The van der Waals surface area contributed by atoms with Crippen LogP contribution in [0.1, 0.15) is 39.1 Å². The van der Waals surface area contributed by atoms with E-state index in [1.165, 1.54) is 0 Å². The van der Waals surface area contributed by atoms with Crippen LogP contribution in [0.3, 0.4) is 0 Å². The smallest absolute Gasteiger partial charge is 0.315 e. The van der Waals surface area contributed by atoms with Crippen LogP contribution in [-0.4, -0.2) is 35.7 Å². The van der Waals surface area contributed by atoms with E-state index in [0.717, 1.165) is 6.54 Å².